The zero-order chi connectivity index (χ0) is 11.4. The number of nitrogens with one attached hydrogen (secondary N) is 2. The van der Waals surface area contributed by atoms with E-state index in [1.165, 1.54) is 5.56 Å². The van der Waals surface area contributed by atoms with E-state index in [-0.39, 0.29) is 5.91 Å². The van der Waals surface area contributed by atoms with Crippen LogP contribution in [0.4, 0.5) is 5.69 Å². The molecule has 1 aromatic heterocycles. The number of rotatable bonds is 3. The summed E-state index contributed by atoms with van der Waals surface area (Å²) in [6.45, 7) is 2.01. The van der Waals surface area contributed by atoms with Gasteiger partial charge in [0.25, 0.3) is 0 Å². The maximum Gasteiger partial charge on any atom is 0.230 e. The Morgan fingerprint density at radius 3 is 2.69 bits per heavy atom. The van der Waals surface area contributed by atoms with Crippen molar-refractivity contribution in [2.24, 2.45) is 0 Å². The van der Waals surface area contributed by atoms with E-state index in [0.29, 0.717) is 6.42 Å². The van der Waals surface area contributed by atoms with E-state index >= 15 is 0 Å². The molecule has 0 unspecified atom stereocenters. The fraction of sp³-hybridized carbons (Fsp3) is 0.167. The third kappa shape index (κ3) is 2.70. The lowest BCUT2D eigenvalue weighted by Crippen LogP contribution is -2.14. The normalized spacial score (nSPS) is 10.1. The quantitative estimate of drug-likeness (QED) is 0.821. The number of aromatic nitrogens is 2. The smallest absolute Gasteiger partial charge is 0.230 e. The number of carbonyl (C=O) groups excluding carboxylic acids is 1. The van der Waals surface area contributed by atoms with Crippen molar-refractivity contribution < 1.29 is 4.79 Å². The summed E-state index contributed by atoms with van der Waals surface area (Å²) < 4.78 is 0. The summed E-state index contributed by atoms with van der Waals surface area (Å²) >= 11 is 0. The number of H-pyrrole nitrogens is 1. The fourth-order valence-electron chi connectivity index (χ4n) is 1.40. The third-order valence-electron chi connectivity index (χ3n) is 2.24. The van der Waals surface area contributed by atoms with E-state index in [0.717, 1.165) is 11.4 Å². The van der Waals surface area contributed by atoms with Crippen molar-refractivity contribution in [1.82, 2.24) is 10.2 Å². The Morgan fingerprint density at radius 2 is 2.06 bits per heavy atom. The summed E-state index contributed by atoms with van der Waals surface area (Å²) in [5.41, 5.74) is 2.80. The molecule has 16 heavy (non-hydrogen) atoms. The van der Waals surface area contributed by atoms with Crippen molar-refractivity contribution in [2.75, 3.05) is 5.32 Å². The molecule has 0 atom stereocenters. The molecular formula is C12H13N3O. The highest BCUT2D eigenvalue weighted by Gasteiger charge is 2.04. The lowest BCUT2D eigenvalue weighted by atomic mass is 10.2. The van der Waals surface area contributed by atoms with Crippen LogP contribution in [0.3, 0.4) is 0 Å². The summed E-state index contributed by atoms with van der Waals surface area (Å²) in [4.78, 5) is 11.6. The van der Waals surface area contributed by atoms with Gasteiger partial charge in [-0.1, -0.05) is 17.7 Å². The first-order valence-corrected chi connectivity index (χ1v) is 5.09. The molecule has 0 aliphatic heterocycles. The monoisotopic (exact) mass is 215 g/mol. The zero-order valence-corrected chi connectivity index (χ0v) is 9.03. The summed E-state index contributed by atoms with van der Waals surface area (Å²) in [7, 11) is 0. The van der Waals surface area contributed by atoms with Crippen LogP contribution in [0.25, 0.3) is 0 Å². The van der Waals surface area contributed by atoms with Gasteiger partial charge in [0.15, 0.2) is 0 Å². The minimum absolute atomic E-state index is 0.0481. The number of anilines is 1. The molecule has 4 heteroatoms. The van der Waals surface area contributed by atoms with E-state index in [9.17, 15) is 4.79 Å². The standard InChI is InChI=1S/C12H13N3O/c1-9-2-4-10(5-3-9)14-12(16)8-11-6-7-13-15-11/h2-7H,8H2,1H3,(H,13,15)(H,14,16). The molecule has 0 saturated carbocycles. The van der Waals surface area contributed by atoms with Crippen LogP contribution < -0.4 is 5.32 Å². The predicted octanol–water partition coefficient (Wildman–Crippen LogP) is 1.90. The van der Waals surface area contributed by atoms with Crippen LogP contribution >= 0.6 is 0 Å². The first kappa shape index (κ1) is 10.4. The minimum Gasteiger partial charge on any atom is -0.326 e. The van der Waals surface area contributed by atoms with Crippen LogP contribution in [0.2, 0.25) is 0 Å². The third-order valence-corrected chi connectivity index (χ3v) is 2.24. The average molecular weight is 215 g/mol. The lowest BCUT2D eigenvalue weighted by Gasteiger charge is -2.04. The Balaban J connectivity index is 1.95. The van der Waals surface area contributed by atoms with Crippen molar-refractivity contribution in [3.05, 3.63) is 47.8 Å². The van der Waals surface area contributed by atoms with Crippen LogP contribution in [0, 0.1) is 6.92 Å². The van der Waals surface area contributed by atoms with Gasteiger partial charge in [0.05, 0.1) is 6.42 Å². The van der Waals surface area contributed by atoms with Gasteiger partial charge in [0.1, 0.15) is 0 Å². The van der Waals surface area contributed by atoms with Crippen molar-refractivity contribution in [3.8, 4) is 0 Å². The lowest BCUT2D eigenvalue weighted by molar-refractivity contribution is -0.115. The molecule has 2 N–H and O–H groups in total. The second-order valence-corrected chi connectivity index (χ2v) is 3.67. The SMILES string of the molecule is Cc1ccc(NC(=O)Cc2ccn[nH]2)cc1. The number of amides is 1. The van der Waals surface area contributed by atoms with Gasteiger partial charge in [-0.15, -0.1) is 0 Å². The topological polar surface area (TPSA) is 57.8 Å². The van der Waals surface area contributed by atoms with Gasteiger partial charge in [-0.2, -0.15) is 5.10 Å². The van der Waals surface area contributed by atoms with E-state index in [4.69, 9.17) is 0 Å². The number of hydrogen-bond acceptors (Lipinski definition) is 2. The molecule has 1 aromatic carbocycles. The molecule has 82 valence electrons. The predicted molar refractivity (Wildman–Crippen MR) is 62.1 cm³/mol. The molecular weight excluding hydrogens is 202 g/mol. The highest BCUT2D eigenvalue weighted by atomic mass is 16.1. The molecule has 0 saturated heterocycles. The molecule has 0 fully saturated rings. The van der Waals surface area contributed by atoms with Gasteiger partial charge in [-0.3, -0.25) is 9.89 Å². The van der Waals surface area contributed by atoms with Crippen LogP contribution in [0.1, 0.15) is 11.3 Å². The summed E-state index contributed by atoms with van der Waals surface area (Å²) in [6, 6.07) is 9.49. The molecule has 0 aliphatic carbocycles. The maximum absolute atomic E-state index is 11.6. The second-order valence-electron chi connectivity index (χ2n) is 3.67. The first-order chi connectivity index (χ1) is 7.74. The summed E-state index contributed by atoms with van der Waals surface area (Å²) in [6.07, 6.45) is 1.95. The molecule has 0 spiro atoms. The highest BCUT2D eigenvalue weighted by Crippen LogP contribution is 2.09. The number of hydrogen-bond donors (Lipinski definition) is 2. The summed E-state index contributed by atoms with van der Waals surface area (Å²) in [5.74, 6) is -0.0481. The molecule has 4 nitrogen and oxygen atoms in total. The largest absolute Gasteiger partial charge is 0.326 e. The van der Waals surface area contributed by atoms with Crippen molar-refractivity contribution >= 4 is 11.6 Å². The van der Waals surface area contributed by atoms with Crippen LogP contribution in [-0.4, -0.2) is 16.1 Å². The fourth-order valence-corrected chi connectivity index (χ4v) is 1.40. The van der Waals surface area contributed by atoms with Gasteiger partial charge < -0.3 is 5.32 Å². The van der Waals surface area contributed by atoms with Gasteiger partial charge in [0, 0.05) is 17.6 Å². The van der Waals surface area contributed by atoms with E-state index in [2.05, 4.69) is 15.5 Å². The van der Waals surface area contributed by atoms with Gasteiger partial charge in [0.2, 0.25) is 5.91 Å². The number of aromatic amines is 1. The molecule has 0 radical (unpaired) electrons. The molecule has 2 rings (SSSR count). The molecule has 1 amide bonds. The van der Waals surface area contributed by atoms with Gasteiger partial charge in [-0.05, 0) is 25.1 Å². The van der Waals surface area contributed by atoms with Crippen LogP contribution in [-0.2, 0) is 11.2 Å². The van der Waals surface area contributed by atoms with Crippen LogP contribution in [0.5, 0.6) is 0 Å². The van der Waals surface area contributed by atoms with Gasteiger partial charge >= 0.3 is 0 Å². The maximum atomic E-state index is 11.6. The first-order valence-electron chi connectivity index (χ1n) is 5.09. The van der Waals surface area contributed by atoms with Crippen molar-refractivity contribution in [3.63, 3.8) is 0 Å². The van der Waals surface area contributed by atoms with Crippen LogP contribution in [0.15, 0.2) is 36.5 Å². The van der Waals surface area contributed by atoms with E-state index in [1.54, 1.807) is 12.3 Å². The average Bonchev–Trinajstić information content (AvgIpc) is 2.74. The summed E-state index contributed by atoms with van der Waals surface area (Å²) in [5, 5.41) is 9.36. The van der Waals surface area contributed by atoms with Crippen molar-refractivity contribution in [2.45, 2.75) is 13.3 Å². The van der Waals surface area contributed by atoms with Crippen molar-refractivity contribution in [1.29, 1.82) is 0 Å². The molecule has 1 heterocycles. The van der Waals surface area contributed by atoms with E-state index < -0.39 is 0 Å². The highest BCUT2D eigenvalue weighted by molar-refractivity contribution is 5.91. The Morgan fingerprint density at radius 1 is 1.31 bits per heavy atom. The van der Waals surface area contributed by atoms with Gasteiger partial charge in [-0.25, -0.2) is 0 Å². The zero-order valence-electron chi connectivity index (χ0n) is 9.03. The second kappa shape index (κ2) is 4.61. The Hall–Kier alpha value is -2.10. The molecule has 2 aromatic rings. The number of carbonyl (C=O) groups is 1. The number of nitrogens with zero attached hydrogens (tertiary/aromatic N) is 1. The van der Waals surface area contributed by atoms with E-state index in [1.807, 2.05) is 31.2 Å². The Bertz CT molecular complexity index is 460. The Labute approximate surface area is 93.7 Å². The molecule has 0 bridgehead atoms. The molecule has 0 aliphatic rings. The number of benzene rings is 1. The number of aryl methyl sites for hydroxylation is 1. The Kier molecular flexibility index (Phi) is 3.00. The minimum atomic E-state index is -0.0481.